The van der Waals surface area contributed by atoms with Crippen molar-refractivity contribution in [1.29, 1.82) is 0 Å². The van der Waals surface area contributed by atoms with E-state index in [0.29, 0.717) is 17.6 Å². The van der Waals surface area contributed by atoms with Crippen molar-refractivity contribution >= 4 is 10.9 Å². The lowest BCUT2D eigenvalue weighted by molar-refractivity contribution is 0.0193. The maximum Gasteiger partial charge on any atom is 0.168 e. The molecule has 0 fully saturated rings. The number of rotatable bonds is 0. The average molecular weight is 238 g/mol. The molecule has 1 aliphatic rings. The summed E-state index contributed by atoms with van der Waals surface area (Å²) in [6, 6.07) is 1.99. The van der Waals surface area contributed by atoms with Gasteiger partial charge in [-0.1, -0.05) is 0 Å². The summed E-state index contributed by atoms with van der Waals surface area (Å²) in [5.41, 5.74) is 5.38. The summed E-state index contributed by atoms with van der Waals surface area (Å²) >= 11 is 0. The highest BCUT2D eigenvalue weighted by Gasteiger charge is 2.38. The topological polar surface area (TPSA) is 51.2 Å². The van der Waals surface area contributed by atoms with E-state index in [1.165, 1.54) is 13.0 Å². The molecule has 1 aromatic heterocycles. The zero-order chi connectivity index (χ0) is 12.4. The Kier molecular flexibility index (Phi) is 1.92. The minimum Gasteiger partial charge on any atom is -0.384 e. The van der Waals surface area contributed by atoms with Crippen molar-refractivity contribution in [2.75, 3.05) is 0 Å². The first-order chi connectivity index (χ1) is 7.93. The molecule has 2 aromatic rings. The van der Waals surface area contributed by atoms with Crippen LogP contribution in [0.5, 0.6) is 0 Å². The highest BCUT2D eigenvalue weighted by molar-refractivity contribution is 5.85. The lowest BCUT2D eigenvalue weighted by Crippen LogP contribution is -2.48. The van der Waals surface area contributed by atoms with Crippen LogP contribution in [0, 0.1) is 11.6 Å². The van der Waals surface area contributed by atoms with Gasteiger partial charge in [-0.15, -0.1) is 0 Å². The number of aromatic nitrogens is 1. The molecule has 0 saturated heterocycles. The van der Waals surface area contributed by atoms with Gasteiger partial charge >= 0.3 is 0 Å². The minimum atomic E-state index is -1.35. The lowest BCUT2D eigenvalue weighted by atomic mass is 9.85. The van der Waals surface area contributed by atoms with Gasteiger partial charge in [-0.25, -0.2) is 8.78 Å². The van der Waals surface area contributed by atoms with E-state index in [1.54, 1.807) is 10.8 Å². The summed E-state index contributed by atoms with van der Waals surface area (Å²) in [6.07, 6.45) is 1.66. The van der Waals surface area contributed by atoms with Crippen LogP contribution < -0.4 is 5.73 Å². The van der Waals surface area contributed by atoms with Gasteiger partial charge in [0.05, 0.1) is 11.6 Å². The van der Waals surface area contributed by atoms with E-state index in [0.717, 1.165) is 6.07 Å². The van der Waals surface area contributed by atoms with Gasteiger partial charge in [-0.05, 0) is 19.1 Å². The van der Waals surface area contributed by atoms with Gasteiger partial charge in [0, 0.05) is 23.7 Å². The van der Waals surface area contributed by atoms with E-state index in [9.17, 15) is 13.9 Å². The molecular formula is C12H12F2N2O. The molecule has 2 atom stereocenters. The Hall–Kier alpha value is -1.46. The molecule has 0 amide bonds. The van der Waals surface area contributed by atoms with E-state index in [1.807, 2.05) is 0 Å². The Morgan fingerprint density at radius 3 is 2.94 bits per heavy atom. The second-order valence-electron chi connectivity index (χ2n) is 4.70. The van der Waals surface area contributed by atoms with Crippen molar-refractivity contribution in [2.24, 2.45) is 5.73 Å². The van der Waals surface area contributed by atoms with Gasteiger partial charge in [-0.3, -0.25) is 0 Å². The quantitative estimate of drug-likeness (QED) is 0.730. The second-order valence-corrected chi connectivity index (χ2v) is 4.70. The summed E-state index contributed by atoms with van der Waals surface area (Å²) in [4.78, 5) is 0. The summed E-state index contributed by atoms with van der Waals surface area (Å²) in [7, 11) is 0. The summed E-state index contributed by atoms with van der Waals surface area (Å²) in [5.74, 6) is -1.84. The monoisotopic (exact) mass is 238 g/mol. The molecule has 0 bridgehead atoms. The van der Waals surface area contributed by atoms with Gasteiger partial charge in [0.15, 0.2) is 11.6 Å². The molecule has 0 spiro atoms. The molecule has 1 aromatic carbocycles. The number of nitrogens with zero attached hydrogens (tertiary/aromatic N) is 1. The van der Waals surface area contributed by atoms with Crippen molar-refractivity contribution in [1.82, 2.24) is 4.57 Å². The van der Waals surface area contributed by atoms with Gasteiger partial charge in [0.2, 0.25) is 0 Å². The first-order valence-electron chi connectivity index (χ1n) is 5.38. The first kappa shape index (κ1) is 10.7. The Balaban J connectivity index is 2.47. The van der Waals surface area contributed by atoms with Crippen LogP contribution in [0.25, 0.3) is 10.9 Å². The molecule has 90 valence electrons. The number of hydrogen-bond acceptors (Lipinski definition) is 2. The lowest BCUT2D eigenvalue weighted by Gasteiger charge is -2.36. The fourth-order valence-electron chi connectivity index (χ4n) is 2.46. The number of hydrogen-bond donors (Lipinski definition) is 2. The van der Waals surface area contributed by atoms with Crippen LogP contribution in [0.1, 0.15) is 12.5 Å². The molecule has 3 nitrogen and oxygen atoms in total. The molecule has 2 heterocycles. The smallest absolute Gasteiger partial charge is 0.168 e. The van der Waals surface area contributed by atoms with E-state index >= 15 is 0 Å². The molecule has 3 N–H and O–H groups in total. The van der Waals surface area contributed by atoms with Crippen molar-refractivity contribution in [2.45, 2.75) is 25.1 Å². The van der Waals surface area contributed by atoms with E-state index in [2.05, 4.69) is 0 Å². The highest BCUT2D eigenvalue weighted by Crippen LogP contribution is 2.37. The fraction of sp³-hybridized carbons (Fsp3) is 0.333. The third kappa shape index (κ3) is 1.21. The third-order valence-corrected chi connectivity index (χ3v) is 3.60. The van der Waals surface area contributed by atoms with E-state index in [4.69, 9.17) is 5.73 Å². The van der Waals surface area contributed by atoms with Crippen LogP contribution >= 0.6 is 0 Å². The molecule has 1 aliphatic heterocycles. The van der Waals surface area contributed by atoms with Crippen molar-refractivity contribution < 1.29 is 13.9 Å². The summed E-state index contributed by atoms with van der Waals surface area (Å²) in [5, 5.41) is 10.5. The molecule has 0 unspecified atom stereocenters. The van der Waals surface area contributed by atoms with Gasteiger partial charge in [0.1, 0.15) is 5.60 Å². The van der Waals surface area contributed by atoms with Crippen LogP contribution in [0.2, 0.25) is 0 Å². The van der Waals surface area contributed by atoms with Crippen LogP contribution in [0.3, 0.4) is 0 Å². The maximum atomic E-state index is 13.6. The summed E-state index contributed by atoms with van der Waals surface area (Å²) in [6.45, 7) is 1.91. The van der Waals surface area contributed by atoms with Gasteiger partial charge in [0.25, 0.3) is 0 Å². The molecule has 0 aliphatic carbocycles. The van der Waals surface area contributed by atoms with E-state index < -0.39 is 23.3 Å². The predicted octanol–water partition coefficient (Wildman–Crippen LogP) is 1.47. The van der Waals surface area contributed by atoms with Crippen LogP contribution in [0.4, 0.5) is 8.78 Å². The Morgan fingerprint density at radius 1 is 1.53 bits per heavy atom. The van der Waals surface area contributed by atoms with Crippen LogP contribution in [-0.4, -0.2) is 15.7 Å². The second kappa shape index (κ2) is 3.05. The molecule has 0 saturated carbocycles. The summed E-state index contributed by atoms with van der Waals surface area (Å²) < 4.78 is 28.8. The zero-order valence-corrected chi connectivity index (χ0v) is 9.24. The molecular weight excluding hydrogens is 226 g/mol. The minimum absolute atomic E-state index is 0.187. The molecule has 17 heavy (non-hydrogen) atoms. The number of nitrogens with two attached hydrogens (primary N) is 1. The van der Waals surface area contributed by atoms with Crippen molar-refractivity contribution in [3.63, 3.8) is 0 Å². The number of aliphatic hydroxyl groups is 1. The average Bonchev–Trinajstić information content (AvgIpc) is 2.66. The van der Waals surface area contributed by atoms with Crippen LogP contribution in [-0.2, 0) is 12.1 Å². The normalized spacial score (nSPS) is 27.7. The first-order valence-corrected chi connectivity index (χ1v) is 5.38. The maximum absolute atomic E-state index is 13.6. The highest BCUT2D eigenvalue weighted by atomic mass is 19.2. The van der Waals surface area contributed by atoms with Gasteiger partial charge < -0.3 is 15.4 Å². The molecule has 5 heteroatoms. The third-order valence-electron chi connectivity index (χ3n) is 3.60. The molecule has 0 radical (unpaired) electrons. The Morgan fingerprint density at radius 2 is 2.24 bits per heavy atom. The van der Waals surface area contributed by atoms with Gasteiger partial charge in [-0.2, -0.15) is 0 Å². The van der Waals surface area contributed by atoms with Crippen LogP contribution in [0.15, 0.2) is 18.3 Å². The number of benzene rings is 1. The fourth-order valence-corrected chi connectivity index (χ4v) is 2.46. The number of halogens is 2. The van der Waals surface area contributed by atoms with Crippen molar-refractivity contribution in [3.05, 3.63) is 35.5 Å². The largest absolute Gasteiger partial charge is 0.384 e. The molecule has 3 rings (SSSR count). The zero-order valence-electron chi connectivity index (χ0n) is 9.24. The predicted molar refractivity (Wildman–Crippen MR) is 59.4 cm³/mol. The standard InChI is InChI=1S/C12H12F2N2O/c1-12(17)7-4-8(13)10(14)6-2-3-16(11(6)7)5-9(12)15/h2-4,9,17H,5,15H2,1H3/t9-,12+/m1/s1. The Labute approximate surface area is 96.5 Å². The Bertz CT molecular complexity index is 618. The SMILES string of the molecule is C[C@]1(O)c2cc(F)c(F)c3ccn(c23)C[C@H]1N. The van der Waals surface area contributed by atoms with E-state index in [-0.39, 0.29) is 5.39 Å². The van der Waals surface area contributed by atoms with Crippen molar-refractivity contribution in [3.8, 4) is 0 Å².